The maximum Gasteiger partial charge on any atom is 0.264 e. The van der Waals surface area contributed by atoms with Crippen LogP contribution in [-0.4, -0.2) is 27.4 Å². The highest BCUT2D eigenvalue weighted by Gasteiger charge is 2.36. The van der Waals surface area contributed by atoms with Gasteiger partial charge in [0.1, 0.15) is 0 Å². The molecule has 5 nitrogen and oxygen atoms in total. The number of sulfonamides is 1. The highest BCUT2D eigenvalue weighted by atomic mass is 32.2. The first-order valence-corrected chi connectivity index (χ1v) is 10.1. The summed E-state index contributed by atoms with van der Waals surface area (Å²) in [7, 11) is -3.61. The molecule has 0 radical (unpaired) electrons. The fourth-order valence-corrected chi connectivity index (χ4v) is 5.89. The molecular formula is C19H18N2O3S. The Morgan fingerprint density at radius 2 is 1.72 bits per heavy atom. The number of rotatable bonds is 2. The Balaban J connectivity index is 1.63. The van der Waals surface area contributed by atoms with Gasteiger partial charge in [-0.2, -0.15) is 0 Å². The van der Waals surface area contributed by atoms with Gasteiger partial charge in [-0.3, -0.25) is 9.10 Å². The second kappa shape index (κ2) is 5.08. The standard InChI is InChI=1S/C19H18N2O3S/c22-18-12-15-11-16(10-14-5-3-8-20(18)19(14)15)25(23,24)21-9-7-13-4-1-2-6-17(13)21/h1-2,4,6,10-11H,3,5,7-9,12H2. The summed E-state index contributed by atoms with van der Waals surface area (Å²) in [5.41, 5.74) is 4.63. The third kappa shape index (κ3) is 2.07. The van der Waals surface area contributed by atoms with Gasteiger partial charge in [-0.05, 0) is 54.2 Å². The van der Waals surface area contributed by atoms with Crippen LogP contribution in [0.5, 0.6) is 0 Å². The van der Waals surface area contributed by atoms with Gasteiger partial charge in [-0.15, -0.1) is 0 Å². The van der Waals surface area contributed by atoms with Crippen LogP contribution in [0.3, 0.4) is 0 Å². The van der Waals surface area contributed by atoms with Crippen LogP contribution in [0.2, 0.25) is 0 Å². The van der Waals surface area contributed by atoms with Crippen LogP contribution in [0.15, 0.2) is 41.3 Å². The van der Waals surface area contributed by atoms with E-state index in [0.29, 0.717) is 17.9 Å². The molecule has 2 aromatic carbocycles. The highest BCUT2D eigenvalue weighted by Crippen LogP contribution is 2.40. The number of aryl methyl sites for hydroxylation is 1. The smallest absolute Gasteiger partial charge is 0.264 e. The number of amides is 1. The minimum atomic E-state index is -3.61. The first-order valence-electron chi connectivity index (χ1n) is 8.62. The lowest BCUT2D eigenvalue weighted by atomic mass is 10.0. The summed E-state index contributed by atoms with van der Waals surface area (Å²) in [6.07, 6.45) is 2.75. The van der Waals surface area contributed by atoms with Gasteiger partial charge in [0, 0.05) is 13.1 Å². The van der Waals surface area contributed by atoms with Crippen molar-refractivity contribution in [2.24, 2.45) is 0 Å². The number of carbonyl (C=O) groups excluding carboxylic acids is 1. The predicted molar refractivity (Wildman–Crippen MR) is 95.5 cm³/mol. The van der Waals surface area contributed by atoms with Gasteiger partial charge in [0.25, 0.3) is 10.0 Å². The molecule has 0 N–H and O–H groups in total. The molecule has 0 saturated carbocycles. The molecule has 1 amide bonds. The lowest BCUT2D eigenvalue weighted by Gasteiger charge is -2.27. The van der Waals surface area contributed by atoms with Crippen LogP contribution >= 0.6 is 0 Å². The second-order valence-electron chi connectivity index (χ2n) is 6.87. The number of fused-ring (bicyclic) bond motifs is 1. The van der Waals surface area contributed by atoms with E-state index in [1.807, 2.05) is 29.2 Å². The Morgan fingerprint density at radius 1 is 0.920 bits per heavy atom. The fraction of sp³-hybridized carbons (Fsp3) is 0.316. The molecule has 0 fully saturated rings. The van der Waals surface area contributed by atoms with Crippen molar-refractivity contribution in [2.45, 2.75) is 30.6 Å². The van der Waals surface area contributed by atoms with Crippen molar-refractivity contribution in [1.82, 2.24) is 0 Å². The van der Waals surface area contributed by atoms with E-state index in [9.17, 15) is 13.2 Å². The van der Waals surface area contributed by atoms with Crippen LogP contribution in [0.4, 0.5) is 11.4 Å². The Morgan fingerprint density at radius 3 is 2.60 bits per heavy atom. The zero-order valence-corrected chi connectivity index (χ0v) is 14.6. The molecule has 0 aliphatic carbocycles. The average molecular weight is 354 g/mol. The Bertz CT molecular complexity index is 1010. The number of hydrogen-bond donors (Lipinski definition) is 0. The van der Waals surface area contributed by atoms with E-state index in [-0.39, 0.29) is 5.91 Å². The molecule has 5 rings (SSSR count). The van der Waals surface area contributed by atoms with Gasteiger partial charge in [0.05, 0.1) is 22.7 Å². The lowest BCUT2D eigenvalue weighted by molar-refractivity contribution is -0.117. The third-order valence-electron chi connectivity index (χ3n) is 5.41. The van der Waals surface area contributed by atoms with Crippen molar-refractivity contribution in [3.8, 4) is 0 Å². The van der Waals surface area contributed by atoms with Gasteiger partial charge < -0.3 is 4.90 Å². The molecule has 0 unspecified atom stereocenters. The van der Waals surface area contributed by atoms with E-state index in [1.165, 1.54) is 4.31 Å². The zero-order chi connectivity index (χ0) is 17.2. The number of hydrogen-bond acceptors (Lipinski definition) is 3. The van der Waals surface area contributed by atoms with Crippen LogP contribution in [0, 0.1) is 0 Å². The van der Waals surface area contributed by atoms with Crippen molar-refractivity contribution in [1.29, 1.82) is 0 Å². The summed E-state index contributed by atoms with van der Waals surface area (Å²) in [4.78, 5) is 14.3. The number of carbonyl (C=O) groups is 1. The lowest BCUT2D eigenvalue weighted by Crippen LogP contribution is -2.32. The Hall–Kier alpha value is -2.34. The molecule has 3 aliphatic heterocycles. The summed E-state index contributed by atoms with van der Waals surface area (Å²) >= 11 is 0. The molecule has 0 bridgehead atoms. The van der Waals surface area contributed by atoms with E-state index in [2.05, 4.69) is 0 Å². The highest BCUT2D eigenvalue weighted by molar-refractivity contribution is 7.92. The first kappa shape index (κ1) is 15.0. The first-order chi connectivity index (χ1) is 12.1. The summed E-state index contributed by atoms with van der Waals surface area (Å²) < 4.78 is 28.1. The SMILES string of the molecule is O=C1Cc2cc(S(=O)(=O)N3CCc4ccccc43)cc3c2N1CCC3. The van der Waals surface area contributed by atoms with Gasteiger partial charge in [0.2, 0.25) is 5.91 Å². The molecule has 25 heavy (non-hydrogen) atoms. The molecule has 2 aromatic rings. The molecule has 3 aliphatic rings. The normalized spacial score (nSPS) is 18.5. The molecule has 0 spiro atoms. The number of benzene rings is 2. The molecule has 6 heteroatoms. The molecule has 0 atom stereocenters. The molecular weight excluding hydrogens is 336 g/mol. The minimum absolute atomic E-state index is 0.0806. The summed E-state index contributed by atoms with van der Waals surface area (Å²) in [5.74, 6) is 0.0806. The van der Waals surface area contributed by atoms with Crippen LogP contribution in [-0.2, 0) is 34.1 Å². The van der Waals surface area contributed by atoms with Gasteiger partial charge in [-0.1, -0.05) is 18.2 Å². The largest absolute Gasteiger partial charge is 0.312 e. The van der Waals surface area contributed by atoms with E-state index < -0.39 is 10.0 Å². The topological polar surface area (TPSA) is 57.7 Å². The Kier molecular flexibility index (Phi) is 3.04. The van der Waals surface area contributed by atoms with E-state index >= 15 is 0 Å². The zero-order valence-electron chi connectivity index (χ0n) is 13.7. The van der Waals surface area contributed by atoms with Crippen molar-refractivity contribution in [2.75, 3.05) is 22.3 Å². The van der Waals surface area contributed by atoms with Gasteiger partial charge in [-0.25, -0.2) is 8.42 Å². The summed E-state index contributed by atoms with van der Waals surface area (Å²) in [5, 5.41) is 0. The van der Waals surface area contributed by atoms with E-state index in [4.69, 9.17) is 0 Å². The number of nitrogens with zero attached hydrogens (tertiary/aromatic N) is 2. The Labute approximate surface area is 146 Å². The van der Waals surface area contributed by atoms with Crippen LogP contribution in [0.1, 0.15) is 23.1 Å². The third-order valence-corrected chi connectivity index (χ3v) is 7.21. The second-order valence-corrected chi connectivity index (χ2v) is 8.73. The van der Waals surface area contributed by atoms with Crippen molar-refractivity contribution in [3.63, 3.8) is 0 Å². The maximum absolute atomic E-state index is 13.3. The van der Waals surface area contributed by atoms with Gasteiger partial charge in [0.15, 0.2) is 0 Å². The van der Waals surface area contributed by atoms with E-state index in [1.54, 1.807) is 12.1 Å². The van der Waals surface area contributed by atoms with Crippen LogP contribution in [0.25, 0.3) is 0 Å². The van der Waals surface area contributed by atoms with Crippen molar-refractivity contribution >= 4 is 27.3 Å². The van der Waals surface area contributed by atoms with Crippen molar-refractivity contribution < 1.29 is 13.2 Å². The molecule has 0 aromatic heterocycles. The average Bonchev–Trinajstić information content (AvgIpc) is 3.18. The van der Waals surface area contributed by atoms with Gasteiger partial charge >= 0.3 is 0 Å². The molecule has 128 valence electrons. The van der Waals surface area contributed by atoms with Crippen LogP contribution < -0.4 is 9.21 Å². The molecule has 0 saturated heterocycles. The predicted octanol–water partition coefficient (Wildman–Crippen LogP) is 2.27. The minimum Gasteiger partial charge on any atom is -0.312 e. The number of para-hydroxylation sites is 1. The summed E-state index contributed by atoms with van der Waals surface area (Å²) in [6, 6.07) is 11.1. The summed E-state index contributed by atoms with van der Waals surface area (Å²) in [6.45, 7) is 1.21. The van der Waals surface area contributed by atoms with Crippen molar-refractivity contribution in [3.05, 3.63) is 53.1 Å². The van der Waals surface area contributed by atoms with E-state index in [0.717, 1.165) is 53.9 Å². The number of anilines is 2. The quantitative estimate of drug-likeness (QED) is 0.831. The fourth-order valence-electron chi connectivity index (χ4n) is 4.28. The molecule has 3 heterocycles. The monoisotopic (exact) mass is 354 g/mol. The maximum atomic E-state index is 13.3.